The Hall–Kier alpha value is -2.77. The topological polar surface area (TPSA) is 94.7 Å². The van der Waals surface area contributed by atoms with Crippen LogP contribution >= 0.6 is 0 Å². The summed E-state index contributed by atoms with van der Waals surface area (Å²) < 4.78 is 13.8. The van der Waals surface area contributed by atoms with E-state index in [0.29, 0.717) is 19.1 Å². The maximum Gasteiger partial charge on any atom is 0.139 e. The lowest BCUT2D eigenvalue weighted by Gasteiger charge is -2.54. The molecular weight excluding hydrogens is 454 g/mol. The molecule has 5 heterocycles. The van der Waals surface area contributed by atoms with Crippen LogP contribution in [0.15, 0.2) is 29.6 Å². The number of ether oxygens (including phenoxy) is 2. The summed E-state index contributed by atoms with van der Waals surface area (Å²) in [6.45, 7) is 13.4. The Kier molecular flexibility index (Phi) is 7.39. The van der Waals surface area contributed by atoms with Crippen molar-refractivity contribution in [3.8, 4) is 6.07 Å². The molecule has 3 fully saturated rings. The number of nitriles is 1. The summed E-state index contributed by atoms with van der Waals surface area (Å²) in [7, 11) is 0. The fraction of sp³-hybridized carbons (Fsp3) is 0.593. The van der Waals surface area contributed by atoms with Gasteiger partial charge in [-0.05, 0) is 32.3 Å². The van der Waals surface area contributed by atoms with Crippen LogP contribution in [-0.4, -0.2) is 88.5 Å². The van der Waals surface area contributed by atoms with Gasteiger partial charge in [0.15, 0.2) is 0 Å². The van der Waals surface area contributed by atoms with Crippen LogP contribution in [0.3, 0.4) is 0 Å². The van der Waals surface area contributed by atoms with Crippen molar-refractivity contribution >= 4 is 18.5 Å². The monoisotopic (exact) mass is 491 g/mol. The second-order valence-electron chi connectivity index (χ2n) is 10.1. The Morgan fingerprint density at radius 2 is 2.19 bits per heavy atom. The van der Waals surface area contributed by atoms with E-state index in [0.717, 1.165) is 73.9 Å². The van der Waals surface area contributed by atoms with Crippen LogP contribution in [0, 0.1) is 11.3 Å². The van der Waals surface area contributed by atoms with E-state index in [9.17, 15) is 5.26 Å². The average Bonchev–Trinajstić information content (AvgIpc) is 3.49. The van der Waals surface area contributed by atoms with Crippen LogP contribution < -0.4 is 10.6 Å². The summed E-state index contributed by atoms with van der Waals surface area (Å²) >= 11 is 0. The molecule has 0 spiro atoms. The van der Waals surface area contributed by atoms with Crippen LogP contribution in [0.1, 0.15) is 45.1 Å². The van der Waals surface area contributed by atoms with Crippen molar-refractivity contribution in [1.82, 2.24) is 24.6 Å². The van der Waals surface area contributed by atoms with Gasteiger partial charge in [-0.1, -0.05) is 13.5 Å². The lowest BCUT2D eigenvalue weighted by molar-refractivity contribution is -0.249. The SMILES string of the molecule is C=c1[nH]cc/c1=C(/N=CC)c1cnn(C2(CC#N)CN(C3CCN(C4OCC4OCCC)CC3)C2)c1. The van der Waals surface area contributed by atoms with Gasteiger partial charge in [0.25, 0.3) is 0 Å². The molecule has 2 atom stereocenters. The second-order valence-corrected chi connectivity index (χ2v) is 10.1. The van der Waals surface area contributed by atoms with Crippen molar-refractivity contribution < 1.29 is 9.47 Å². The molecule has 5 rings (SSSR count). The van der Waals surface area contributed by atoms with Crippen molar-refractivity contribution in [3.63, 3.8) is 0 Å². The first-order chi connectivity index (χ1) is 17.6. The van der Waals surface area contributed by atoms with Gasteiger partial charge in [-0.15, -0.1) is 0 Å². The van der Waals surface area contributed by atoms with Crippen LogP contribution in [0.4, 0.5) is 0 Å². The molecule has 0 aromatic carbocycles. The molecule has 2 aromatic rings. The molecule has 3 aliphatic rings. The Morgan fingerprint density at radius 3 is 2.81 bits per heavy atom. The van der Waals surface area contributed by atoms with Gasteiger partial charge in [0.2, 0.25) is 0 Å². The van der Waals surface area contributed by atoms with Crippen molar-refractivity contribution in [1.29, 1.82) is 5.26 Å². The number of aromatic nitrogens is 3. The van der Waals surface area contributed by atoms with Crippen LogP contribution in [0.2, 0.25) is 0 Å². The molecule has 0 bridgehead atoms. The number of rotatable bonds is 9. The lowest BCUT2D eigenvalue weighted by atomic mass is 9.83. The quantitative estimate of drug-likeness (QED) is 0.533. The molecule has 3 saturated heterocycles. The number of aromatic amines is 1. The summed E-state index contributed by atoms with van der Waals surface area (Å²) in [5.41, 5.74) is 1.47. The number of likely N-dealkylation sites (tertiary alicyclic amines) is 2. The third-order valence-electron chi connectivity index (χ3n) is 7.75. The van der Waals surface area contributed by atoms with Crippen LogP contribution in [-0.2, 0) is 15.0 Å². The van der Waals surface area contributed by atoms with Gasteiger partial charge in [-0.25, -0.2) is 0 Å². The predicted molar refractivity (Wildman–Crippen MR) is 139 cm³/mol. The number of H-pyrrole nitrogens is 1. The zero-order valence-electron chi connectivity index (χ0n) is 21.4. The van der Waals surface area contributed by atoms with E-state index in [1.54, 1.807) is 6.21 Å². The summed E-state index contributed by atoms with van der Waals surface area (Å²) in [6, 6.07) is 4.92. The summed E-state index contributed by atoms with van der Waals surface area (Å²) in [4.78, 5) is 12.7. The largest absolute Gasteiger partial charge is 0.372 e. The molecule has 2 aromatic heterocycles. The molecule has 192 valence electrons. The number of nitrogens with zero attached hydrogens (tertiary/aromatic N) is 6. The van der Waals surface area contributed by atoms with Gasteiger partial charge in [0, 0.05) is 73.6 Å². The molecule has 0 aliphatic carbocycles. The molecule has 36 heavy (non-hydrogen) atoms. The Morgan fingerprint density at radius 1 is 1.39 bits per heavy atom. The fourth-order valence-corrected chi connectivity index (χ4v) is 5.72. The first-order valence-corrected chi connectivity index (χ1v) is 13.1. The van der Waals surface area contributed by atoms with E-state index in [1.807, 2.05) is 36.3 Å². The van der Waals surface area contributed by atoms with Crippen molar-refractivity contribution in [2.75, 3.05) is 39.4 Å². The zero-order valence-corrected chi connectivity index (χ0v) is 21.4. The molecule has 0 amide bonds. The summed E-state index contributed by atoms with van der Waals surface area (Å²) in [6.07, 6.45) is 11.6. The molecular formula is C27H37N7O2. The standard InChI is InChI=1S/C27H37N7O2/c1-4-14-35-24-17-36-26(24)32-12-7-22(8-13-32)33-18-27(19-33,9-10-28)34-16-21(15-31-34)25(29-5-2)23-6-11-30-20(23)3/h5-6,11,15-16,22,24,26,30H,3-4,7-9,12-14,17-19H2,1-2H3/b25-23-,29-5?. The first kappa shape index (κ1) is 24.9. The van der Waals surface area contributed by atoms with E-state index in [1.165, 1.54) is 0 Å². The summed E-state index contributed by atoms with van der Waals surface area (Å²) in [5, 5.41) is 16.1. The number of hydrogen-bond donors (Lipinski definition) is 1. The number of aliphatic imine (C=N–C) groups is 1. The summed E-state index contributed by atoms with van der Waals surface area (Å²) in [5.74, 6) is 0. The molecule has 1 N–H and O–H groups in total. The van der Waals surface area contributed by atoms with Gasteiger partial charge < -0.3 is 14.5 Å². The van der Waals surface area contributed by atoms with Crippen LogP contribution in [0.5, 0.6) is 0 Å². The first-order valence-electron chi connectivity index (χ1n) is 13.1. The Labute approximate surface area is 212 Å². The fourth-order valence-electron chi connectivity index (χ4n) is 5.72. The molecule has 0 radical (unpaired) electrons. The number of piperidine rings is 1. The highest BCUT2D eigenvalue weighted by molar-refractivity contribution is 5.72. The van der Waals surface area contributed by atoms with Gasteiger partial charge >= 0.3 is 0 Å². The highest BCUT2D eigenvalue weighted by Gasteiger charge is 2.49. The molecule has 3 aliphatic heterocycles. The third kappa shape index (κ3) is 4.66. The van der Waals surface area contributed by atoms with Crippen molar-refractivity contribution in [2.45, 2.75) is 63.4 Å². The van der Waals surface area contributed by atoms with Gasteiger partial charge in [0.1, 0.15) is 17.9 Å². The predicted octanol–water partition coefficient (Wildman–Crippen LogP) is 1.41. The molecule has 0 saturated carbocycles. The van der Waals surface area contributed by atoms with E-state index >= 15 is 0 Å². The Balaban J connectivity index is 1.24. The molecule has 9 nitrogen and oxygen atoms in total. The smallest absolute Gasteiger partial charge is 0.139 e. The van der Waals surface area contributed by atoms with E-state index in [4.69, 9.17) is 14.6 Å². The highest BCUT2D eigenvalue weighted by atomic mass is 16.6. The minimum absolute atomic E-state index is 0.115. The van der Waals surface area contributed by atoms with E-state index in [2.05, 4.69) is 39.3 Å². The average molecular weight is 492 g/mol. The van der Waals surface area contributed by atoms with Gasteiger partial charge in [-0.3, -0.25) is 19.5 Å². The number of nitrogens with one attached hydrogen (secondary N) is 1. The minimum atomic E-state index is -0.299. The maximum atomic E-state index is 9.64. The van der Waals surface area contributed by atoms with Crippen LogP contribution in [0.25, 0.3) is 12.3 Å². The van der Waals surface area contributed by atoms with Crippen molar-refractivity contribution in [3.05, 3.63) is 40.8 Å². The highest BCUT2D eigenvalue weighted by Crippen LogP contribution is 2.37. The van der Waals surface area contributed by atoms with Crippen molar-refractivity contribution in [2.24, 2.45) is 4.99 Å². The van der Waals surface area contributed by atoms with E-state index < -0.39 is 0 Å². The zero-order chi connectivity index (χ0) is 25.1. The number of hydrogen-bond acceptors (Lipinski definition) is 7. The van der Waals surface area contributed by atoms with E-state index in [-0.39, 0.29) is 17.9 Å². The molecule has 2 unspecified atom stereocenters. The third-order valence-corrected chi connectivity index (χ3v) is 7.75. The molecule has 9 heteroatoms. The lowest BCUT2D eigenvalue weighted by Crippen LogP contribution is -2.67. The van der Waals surface area contributed by atoms with Gasteiger partial charge in [0.05, 0.1) is 31.0 Å². The van der Waals surface area contributed by atoms with Gasteiger partial charge in [-0.2, -0.15) is 10.4 Å². The Bertz CT molecular complexity index is 1210. The second kappa shape index (κ2) is 10.7. The minimum Gasteiger partial charge on any atom is -0.372 e. The maximum absolute atomic E-state index is 9.64. The normalized spacial score (nSPS) is 25.9.